The van der Waals surface area contributed by atoms with Gasteiger partial charge in [0.05, 0.1) is 6.04 Å². The molecule has 0 spiro atoms. The summed E-state index contributed by atoms with van der Waals surface area (Å²) >= 11 is 11.1. The maximum Gasteiger partial charge on any atom is 0.166 e. The normalized spacial score (nSPS) is 16.6. The van der Waals surface area contributed by atoms with Crippen LogP contribution in [0.1, 0.15) is 31.4 Å². The lowest BCUT2D eigenvalue weighted by Gasteiger charge is -2.17. The van der Waals surface area contributed by atoms with Crippen LogP contribution in [0.3, 0.4) is 0 Å². The predicted octanol–water partition coefficient (Wildman–Crippen LogP) is 3.03. The molecule has 0 bridgehead atoms. The van der Waals surface area contributed by atoms with Crippen LogP contribution in [0.4, 0.5) is 0 Å². The first-order valence-corrected chi connectivity index (χ1v) is 6.26. The van der Waals surface area contributed by atoms with Gasteiger partial charge in [0, 0.05) is 11.1 Å². The molecule has 0 aliphatic heterocycles. The Hall–Kier alpha value is -0.800. The van der Waals surface area contributed by atoms with E-state index in [4.69, 9.17) is 23.8 Å². The molecule has 2 nitrogen and oxygen atoms in total. The van der Waals surface area contributed by atoms with Crippen LogP contribution >= 0.6 is 23.8 Å². The van der Waals surface area contributed by atoms with Crippen molar-refractivity contribution >= 4 is 28.9 Å². The number of thiocarbonyl (C=S) groups is 1. The Bertz CT molecular complexity index is 373. The van der Waals surface area contributed by atoms with Crippen LogP contribution < -0.4 is 10.6 Å². The molecule has 0 heterocycles. The third-order valence-electron chi connectivity index (χ3n) is 2.63. The van der Waals surface area contributed by atoms with Crippen molar-refractivity contribution < 1.29 is 0 Å². The van der Waals surface area contributed by atoms with Crippen molar-refractivity contribution in [3.63, 3.8) is 0 Å². The molecule has 0 amide bonds. The SMILES string of the molecule is C[C@H](NC(=S)NC1CC1)c1ccc(Cl)cc1. The average molecular weight is 255 g/mol. The summed E-state index contributed by atoms with van der Waals surface area (Å²) < 4.78 is 0. The molecule has 1 atom stereocenters. The lowest BCUT2D eigenvalue weighted by atomic mass is 10.1. The zero-order valence-corrected chi connectivity index (χ0v) is 10.7. The van der Waals surface area contributed by atoms with E-state index in [1.165, 1.54) is 18.4 Å². The molecule has 1 aromatic carbocycles. The van der Waals surface area contributed by atoms with Crippen LogP contribution in [-0.2, 0) is 0 Å². The van der Waals surface area contributed by atoms with E-state index in [-0.39, 0.29) is 6.04 Å². The number of hydrogen-bond donors (Lipinski definition) is 2. The quantitative estimate of drug-likeness (QED) is 0.811. The first kappa shape index (κ1) is 11.7. The second kappa shape index (κ2) is 5.02. The van der Waals surface area contributed by atoms with Crippen molar-refractivity contribution in [2.75, 3.05) is 0 Å². The van der Waals surface area contributed by atoms with Crippen LogP contribution in [0.25, 0.3) is 0 Å². The monoisotopic (exact) mass is 254 g/mol. The highest BCUT2D eigenvalue weighted by molar-refractivity contribution is 7.80. The van der Waals surface area contributed by atoms with Gasteiger partial charge in [0.2, 0.25) is 0 Å². The van der Waals surface area contributed by atoms with E-state index >= 15 is 0 Å². The van der Waals surface area contributed by atoms with E-state index < -0.39 is 0 Å². The maximum atomic E-state index is 5.84. The zero-order chi connectivity index (χ0) is 11.5. The minimum absolute atomic E-state index is 0.205. The van der Waals surface area contributed by atoms with E-state index in [0.29, 0.717) is 6.04 Å². The second-order valence-corrected chi connectivity index (χ2v) is 5.01. The number of benzene rings is 1. The van der Waals surface area contributed by atoms with Crippen molar-refractivity contribution in [2.24, 2.45) is 0 Å². The molecule has 4 heteroatoms. The summed E-state index contributed by atoms with van der Waals surface area (Å²) in [5, 5.41) is 8.02. The van der Waals surface area contributed by atoms with Crippen LogP contribution in [0.15, 0.2) is 24.3 Å². The molecule has 1 aromatic rings. The first-order valence-electron chi connectivity index (χ1n) is 5.47. The predicted molar refractivity (Wildman–Crippen MR) is 71.8 cm³/mol. The standard InChI is InChI=1S/C12H15ClN2S/c1-8(9-2-4-10(13)5-3-9)14-12(16)15-11-6-7-11/h2-5,8,11H,6-7H2,1H3,(H2,14,15,16)/t8-/m0/s1. The van der Waals surface area contributed by atoms with Crippen molar-refractivity contribution in [3.8, 4) is 0 Å². The Labute approximate surface area is 106 Å². The van der Waals surface area contributed by atoms with Gasteiger partial charge in [-0.1, -0.05) is 23.7 Å². The minimum atomic E-state index is 0.205. The van der Waals surface area contributed by atoms with E-state index in [1.807, 2.05) is 24.3 Å². The van der Waals surface area contributed by atoms with Gasteiger partial charge in [0.25, 0.3) is 0 Å². The Morgan fingerprint density at radius 2 is 2.00 bits per heavy atom. The molecule has 1 aliphatic rings. The highest BCUT2D eigenvalue weighted by atomic mass is 35.5. The van der Waals surface area contributed by atoms with Gasteiger partial charge in [-0.15, -0.1) is 0 Å². The molecule has 0 aromatic heterocycles. The highest BCUT2D eigenvalue weighted by Crippen LogP contribution is 2.19. The average Bonchev–Trinajstić information content (AvgIpc) is 3.02. The van der Waals surface area contributed by atoms with E-state index in [9.17, 15) is 0 Å². The second-order valence-electron chi connectivity index (χ2n) is 4.17. The molecule has 2 N–H and O–H groups in total. The molecule has 0 radical (unpaired) electrons. The Morgan fingerprint density at radius 1 is 1.38 bits per heavy atom. The molecule has 1 aliphatic carbocycles. The Kier molecular flexibility index (Phi) is 3.66. The molecule has 1 fully saturated rings. The van der Waals surface area contributed by atoms with Crippen molar-refractivity contribution in [1.82, 2.24) is 10.6 Å². The van der Waals surface area contributed by atoms with Gasteiger partial charge < -0.3 is 10.6 Å². The van der Waals surface area contributed by atoms with Crippen LogP contribution in [0.5, 0.6) is 0 Å². The van der Waals surface area contributed by atoms with Gasteiger partial charge in [0.1, 0.15) is 0 Å². The molecule has 0 unspecified atom stereocenters. The van der Waals surface area contributed by atoms with Crippen LogP contribution in [0.2, 0.25) is 5.02 Å². The largest absolute Gasteiger partial charge is 0.360 e. The third kappa shape index (κ3) is 3.35. The van der Waals surface area contributed by atoms with Gasteiger partial charge in [-0.25, -0.2) is 0 Å². The topological polar surface area (TPSA) is 24.1 Å². The summed E-state index contributed by atoms with van der Waals surface area (Å²) in [6.07, 6.45) is 2.47. The summed E-state index contributed by atoms with van der Waals surface area (Å²) in [5.74, 6) is 0. The summed E-state index contributed by atoms with van der Waals surface area (Å²) in [4.78, 5) is 0. The molecule has 2 rings (SSSR count). The molecular formula is C12H15ClN2S. The summed E-state index contributed by atoms with van der Waals surface area (Å²) in [5.41, 5.74) is 1.18. The molecule has 16 heavy (non-hydrogen) atoms. The van der Waals surface area contributed by atoms with Gasteiger partial charge in [-0.3, -0.25) is 0 Å². The number of nitrogens with one attached hydrogen (secondary N) is 2. The lowest BCUT2D eigenvalue weighted by Crippen LogP contribution is -2.37. The molecule has 0 saturated heterocycles. The lowest BCUT2D eigenvalue weighted by molar-refractivity contribution is 0.697. The van der Waals surface area contributed by atoms with Crippen molar-refractivity contribution in [2.45, 2.75) is 31.8 Å². The smallest absolute Gasteiger partial charge is 0.166 e. The molecular weight excluding hydrogens is 240 g/mol. The fourth-order valence-corrected chi connectivity index (χ4v) is 1.96. The first-order chi connectivity index (χ1) is 7.65. The van der Waals surface area contributed by atoms with Gasteiger partial charge >= 0.3 is 0 Å². The van der Waals surface area contributed by atoms with Crippen LogP contribution in [0, 0.1) is 0 Å². The van der Waals surface area contributed by atoms with E-state index in [1.54, 1.807) is 0 Å². The Balaban J connectivity index is 1.88. The summed E-state index contributed by atoms with van der Waals surface area (Å²) in [6, 6.07) is 8.62. The maximum absolute atomic E-state index is 5.84. The third-order valence-corrected chi connectivity index (χ3v) is 3.12. The van der Waals surface area contributed by atoms with Gasteiger partial charge in [-0.2, -0.15) is 0 Å². The molecule has 1 saturated carbocycles. The van der Waals surface area contributed by atoms with Crippen molar-refractivity contribution in [1.29, 1.82) is 0 Å². The summed E-state index contributed by atoms with van der Waals surface area (Å²) in [7, 11) is 0. The van der Waals surface area contributed by atoms with Gasteiger partial charge in [-0.05, 0) is 49.7 Å². The van der Waals surface area contributed by atoms with E-state index in [0.717, 1.165) is 10.1 Å². The number of halogens is 1. The van der Waals surface area contributed by atoms with Crippen molar-refractivity contribution in [3.05, 3.63) is 34.9 Å². The fourth-order valence-electron chi connectivity index (χ4n) is 1.49. The van der Waals surface area contributed by atoms with Gasteiger partial charge in [0.15, 0.2) is 5.11 Å². The van der Waals surface area contributed by atoms with E-state index in [2.05, 4.69) is 17.6 Å². The summed E-state index contributed by atoms with van der Waals surface area (Å²) in [6.45, 7) is 2.09. The highest BCUT2D eigenvalue weighted by Gasteiger charge is 2.22. The van der Waals surface area contributed by atoms with Crippen LogP contribution in [-0.4, -0.2) is 11.2 Å². The number of rotatable bonds is 3. The number of hydrogen-bond acceptors (Lipinski definition) is 1. The zero-order valence-electron chi connectivity index (χ0n) is 9.16. The minimum Gasteiger partial charge on any atom is -0.360 e. The Morgan fingerprint density at radius 3 is 2.56 bits per heavy atom. The molecule has 86 valence electrons. The fraction of sp³-hybridized carbons (Fsp3) is 0.417.